The number of likely N-dealkylation sites (N-methyl/N-ethyl adjacent to an activating group) is 1. The summed E-state index contributed by atoms with van der Waals surface area (Å²) in [5.74, 6) is -0.00513. The molecule has 18 heavy (non-hydrogen) atoms. The van der Waals surface area contributed by atoms with Gasteiger partial charge in [-0.15, -0.1) is 24.8 Å². The Kier molecular flexibility index (Phi) is 17.1. The van der Waals surface area contributed by atoms with E-state index in [9.17, 15) is 4.79 Å². The molecule has 5 nitrogen and oxygen atoms in total. The Hall–Kier alpha value is -0.0700. The van der Waals surface area contributed by atoms with E-state index in [-0.39, 0.29) is 36.8 Å². The zero-order chi connectivity index (χ0) is 12.6. The van der Waals surface area contributed by atoms with Crippen LogP contribution in [0.3, 0.4) is 0 Å². The number of halogens is 2. The van der Waals surface area contributed by atoms with Crippen molar-refractivity contribution in [1.82, 2.24) is 10.2 Å². The molecule has 0 bridgehead atoms. The number of ether oxygens (including phenoxy) is 1. The molecule has 0 saturated heterocycles. The number of carbonyl (C=O) groups is 1. The summed E-state index contributed by atoms with van der Waals surface area (Å²) >= 11 is 0. The molecule has 0 rings (SSSR count). The SMILES string of the molecule is COC(CN)CC(=O)NCCN(C)C(C)C.Cl.Cl. The maximum absolute atomic E-state index is 11.5. The molecule has 7 heteroatoms. The number of carbonyl (C=O) groups excluding carboxylic acids is 1. The fourth-order valence-electron chi connectivity index (χ4n) is 1.17. The van der Waals surface area contributed by atoms with E-state index in [0.717, 1.165) is 6.54 Å². The fraction of sp³-hybridized carbons (Fsp3) is 0.909. The van der Waals surface area contributed by atoms with Gasteiger partial charge in [0.2, 0.25) is 5.91 Å². The minimum atomic E-state index is -0.178. The van der Waals surface area contributed by atoms with Crippen LogP contribution >= 0.6 is 24.8 Å². The topological polar surface area (TPSA) is 67.6 Å². The van der Waals surface area contributed by atoms with Gasteiger partial charge >= 0.3 is 0 Å². The molecule has 1 amide bonds. The molecule has 0 saturated carbocycles. The minimum absolute atomic E-state index is 0. The van der Waals surface area contributed by atoms with Crippen LogP contribution < -0.4 is 11.1 Å². The second-order valence-corrected chi connectivity index (χ2v) is 4.22. The van der Waals surface area contributed by atoms with Crippen LogP contribution in [-0.2, 0) is 9.53 Å². The number of rotatable bonds is 8. The average Bonchev–Trinajstić information content (AvgIpc) is 2.25. The smallest absolute Gasteiger partial charge is 0.222 e. The third kappa shape index (κ3) is 11.0. The van der Waals surface area contributed by atoms with Crippen molar-refractivity contribution in [2.24, 2.45) is 5.73 Å². The molecule has 0 aliphatic carbocycles. The number of nitrogens with one attached hydrogen (secondary N) is 1. The van der Waals surface area contributed by atoms with E-state index in [1.807, 2.05) is 7.05 Å². The van der Waals surface area contributed by atoms with Gasteiger partial charge in [-0.3, -0.25) is 4.79 Å². The summed E-state index contributed by atoms with van der Waals surface area (Å²) in [6.07, 6.45) is 0.154. The fourth-order valence-corrected chi connectivity index (χ4v) is 1.17. The molecule has 0 aromatic heterocycles. The second kappa shape index (κ2) is 13.4. The van der Waals surface area contributed by atoms with Crippen LogP contribution in [0.25, 0.3) is 0 Å². The van der Waals surface area contributed by atoms with E-state index in [0.29, 0.717) is 25.6 Å². The highest BCUT2D eigenvalue weighted by Gasteiger charge is 2.11. The molecule has 0 radical (unpaired) electrons. The zero-order valence-corrected chi connectivity index (χ0v) is 13.3. The second-order valence-electron chi connectivity index (χ2n) is 4.22. The van der Waals surface area contributed by atoms with Gasteiger partial charge in [-0.1, -0.05) is 0 Å². The van der Waals surface area contributed by atoms with Gasteiger partial charge < -0.3 is 20.7 Å². The average molecular weight is 304 g/mol. The van der Waals surface area contributed by atoms with E-state index in [1.165, 1.54) is 0 Å². The van der Waals surface area contributed by atoms with Gasteiger partial charge in [0.1, 0.15) is 0 Å². The summed E-state index contributed by atoms with van der Waals surface area (Å²) in [5, 5.41) is 2.85. The van der Waals surface area contributed by atoms with Crippen LogP contribution in [0.15, 0.2) is 0 Å². The zero-order valence-electron chi connectivity index (χ0n) is 11.6. The standard InChI is InChI=1S/C11H25N3O2.2ClH/c1-9(2)14(3)6-5-13-11(15)7-10(8-12)16-4;;/h9-10H,5-8,12H2,1-4H3,(H,13,15);2*1H. The Balaban J connectivity index is -0.00000112. The van der Waals surface area contributed by atoms with Crippen molar-refractivity contribution in [2.45, 2.75) is 32.4 Å². The van der Waals surface area contributed by atoms with E-state index in [1.54, 1.807) is 7.11 Å². The van der Waals surface area contributed by atoms with Crippen molar-refractivity contribution in [3.8, 4) is 0 Å². The molecule has 1 atom stereocenters. The Bertz CT molecular complexity index is 203. The lowest BCUT2D eigenvalue weighted by Gasteiger charge is -2.21. The summed E-state index contributed by atoms with van der Waals surface area (Å²) in [7, 11) is 3.60. The Labute approximate surface area is 123 Å². The lowest BCUT2D eigenvalue weighted by atomic mass is 10.2. The van der Waals surface area contributed by atoms with Crippen LogP contribution in [0.5, 0.6) is 0 Å². The third-order valence-electron chi connectivity index (χ3n) is 2.68. The largest absolute Gasteiger partial charge is 0.380 e. The van der Waals surface area contributed by atoms with Gasteiger partial charge in [-0.25, -0.2) is 0 Å². The highest BCUT2D eigenvalue weighted by molar-refractivity contribution is 5.85. The first kappa shape index (κ1) is 23.1. The third-order valence-corrected chi connectivity index (χ3v) is 2.68. The van der Waals surface area contributed by atoms with Gasteiger partial charge in [-0.05, 0) is 20.9 Å². The van der Waals surface area contributed by atoms with Gasteiger partial charge in [0.05, 0.1) is 12.5 Å². The first-order chi connectivity index (χ1) is 7.51. The minimum Gasteiger partial charge on any atom is -0.380 e. The van der Waals surface area contributed by atoms with Gasteiger partial charge in [0.25, 0.3) is 0 Å². The van der Waals surface area contributed by atoms with Crippen molar-refractivity contribution < 1.29 is 9.53 Å². The molecule has 0 spiro atoms. The molecule has 1 unspecified atom stereocenters. The van der Waals surface area contributed by atoms with Crippen molar-refractivity contribution in [1.29, 1.82) is 0 Å². The lowest BCUT2D eigenvalue weighted by molar-refractivity contribution is -0.123. The first-order valence-corrected chi connectivity index (χ1v) is 5.71. The van der Waals surface area contributed by atoms with Crippen LogP contribution in [0.4, 0.5) is 0 Å². The summed E-state index contributed by atoms with van der Waals surface area (Å²) in [6.45, 7) is 6.13. The molecular formula is C11H27Cl2N3O2. The van der Waals surface area contributed by atoms with Crippen LogP contribution in [0.1, 0.15) is 20.3 Å². The molecule has 0 fully saturated rings. The molecule has 0 heterocycles. The summed E-state index contributed by atoms with van der Waals surface area (Å²) in [6, 6.07) is 0.493. The molecule has 3 N–H and O–H groups in total. The number of hydrogen-bond acceptors (Lipinski definition) is 4. The maximum atomic E-state index is 11.5. The van der Waals surface area contributed by atoms with E-state index >= 15 is 0 Å². The van der Waals surface area contributed by atoms with E-state index in [4.69, 9.17) is 10.5 Å². The predicted octanol–water partition coefficient (Wildman–Crippen LogP) is 0.650. The van der Waals surface area contributed by atoms with Crippen LogP contribution in [0, 0.1) is 0 Å². The van der Waals surface area contributed by atoms with Crippen molar-refractivity contribution in [2.75, 3.05) is 33.8 Å². The first-order valence-electron chi connectivity index (χ1n) is 5.71. The van der Waals surface area contributed by atoms with Gasteiger partial charge in [0, 0.05) is 32.8 Å². The van der Waals surface area contributed by atoms with Crippen molar-refractivity contribution in [3.05, 3.63) is 0 Å². The number of methoxy groups -OCH3 is 1. The Morgan fingerprint density at radius 2 is 1.94 bits per heavy atom. The number of nitrogens with two attached hydrogens (primary N) is 1. The molecule has 0 aliphatic rings. The number of amides is 1. The number of nitrogens with zero attached hydrogens (tertiary/aromatic N) is 1. The lowest BCUT2D eigenvalue weighted by Crippen LogP contribution is -2.38. The predicted molar refractivity (Wildman–Crippen MR) is 79.7 cm³/mol. The van der Waals surface area contributed by atoms with Gasteiger partial charge in [0.15, 0.2) is 0 Å². The van der Waals surface area contributed by atoms with Crippen molar-refractivity contribution >= 4 is 30.7 Å². The highest BCUT2D eigenvalue weighted by atomic mass is 35.5. The quantitative estimate of drug-likeness (QED) is 0.691. The maximum Gasteiger partial charge on any atom is 0.222 e. The highest BCUT2D eigenvalue weighted by Crippen LogP contribution is 1.95. The normalized spacial score (nSPS) is 11.7. The van der Waals surface area contributed by atoms with Gasteiger partial charge in [-0.2, -0.15) is 0 Å². The van der Waals surface area contributed by atoms with Crippen LogP contribution in [0.2, 0.25) is 0 Å². The van der Waals surface area contributed by atoms with E-state index < -0.39 is 0 Å². The summed E-state index contributed by atoms with van der Waals surface area (Å²) < 4.78 is 5.04. The monoisotopic (exact) mass is 303 g/mol. The molecule has 112 valence electrons. The molecule has 0 aromatic rings. The Morgan fingerprint density at radius 3 is 2.33 bits per heavy atom. The molecule has 0 aliphatic heterocycles. The van der Waals surface area contributed by atoms with Crippen molar-refractivity contribution in [3.63, 3.8) is 0 Å². The number of hydrogen-bond donors (Lipinski definition) is 2. The summed E-state index contributed by atoms with van der Waals surface area (Å²) in [4.78, 5) is 13.6. The van der Waals surface area contributed by atoms with E-state index in [2.05, 4.69) is 24.1 Å². The Morgan fingerprint density at radius 1 is 1.39 bits per heavy atom. The van der Waals surface area contributed by atoms with Crippen LogP contribution in [-0.4, -0.2) is 56.7 Å². The summed E-state index contributed by atoms with van der Waals surface area (Å²) in [5.41, 5.74) is 5.43. The molecular weight excluding hydrogens is 277 g/mol. The molecule has 0 aromatic carbocycles.